The van der Waals surface area contributed by atoms with E-state index in [0.29, 0.717) is 58.4 Å². The summed E-state index contributed by atoms with van der Waals surface area (Å²) in [5.74, 6) is 1.00. The highest BCUT2D eigenvalue weighted by molar-refractivity contribution is 6.32. The molecule has 0 bridgehead atoms. The van der Waals surface area contributed by atoms with Crippen molar-refractivity contribution in [1.82, 2.24) is 24.7 Å². The summed E-state index contributed by atoms with van der Waals surface area (Å²) in [4.78, 5) is 14.8. The number of hydrogen-bond acceptors (Lipinski definition) is 9. The molecule has 186 valence electrons. The second kappa shape index (κ2) is 9.57. The van der Waals surface area contributed by atoms with E-state index >= 15 is 0 Å². The standard InChI is InChI=1S/C26H24ClN9O/c1-4-37-24-19(15(3)36-26-22(14(2)34-36)25(30)32-13-33-26)6-21(27)20(8-29)23(24)17-11-35(12-17)18-5-16(7-28)9-31-10-18/h5-6,9-10,13,15,17H,4,11-12H2,1-3H3,(H2,30,32,33). The lowest BCUT2D eigenvalue weighted by Crippen LogP contribution is -2.45. The highest BCUT2D eigenvalue weighted by Gasteiger charge is 2.36. The Morgan fingerprint density at radius 2 is 2.00 bits per heavy atom. The first-order chi connectivity index (χ1) is 17.9. The summed E-state index contributed by atoms with van der Waals surface area (Å²) >= 11 is 6.69. The van der Waals surface area contributed by atoms with Crippen molar-refractivity contribution in [3.05, 3.63) is 63.8 Å². The second-order valence-electron chi connectivity index (χ2n) is 8.92. The molecular formula is C26H24ClN9O. The molecule has 1 atom stereocenters. The molecule has 3 aromatic heterocycles. The van der Waals surface area contributed by atoms with E-state index in [1.807, 2.05) is 26.8 Å². The summed E-state index contributed by atoms with van der Waals surface area (Å²) in [5.41, 5.74) is 10.8. The normalized spacial score (nSPS) is 14.2. The predicted octanol–water partition coefficient (Wildman–Crippen LogP) is 4.12. The summed E-state index contributed by atoms with van der Waals surface area (Å²) in [5, 5.41) is 25.0. The van der Waals surface area contributed by atoms with E-state index in [-0.39, 0.29) is 12.0 Å². The van der Waals surface area contributed by atoms with Gasteiger partial charge in [-0.2, -0.15) is 15.6 Å². The lowest BCUT2D eigenvalue weighted by atomic mass is 9.84. The zero-order chi connectivity index (χ0) is 26.3. The van der Waals surface area contributed by atoms with Gasteiger partial charge < -0.3 is 15.4 Å². The van der Waals surface area contributed by atoms with Gasteiger partial charge in [0.25, 0.3) is 0 Å². The summed E-state index contributed by atoms with van der Waals surface area (Å²) in [6, 6.07) is 7.68. The lowest BCUT2D eigenvalue weighted by molar-refractivity contribution is 0.323. The molecule has 1 unspecified atom stereocenters. The van der Waals surface area contributed by atoms with Gasteiger partial charge in [-0.15, -0.1) is 0 Å². The van der Waals surface area contributed by atoms with E-state index in [4.69, 9.17) is 27.2 Å². The van der Waals surface area contributed by atoms with E-state index in [0.717, 1.165) is 22.5 Å². The van der Waals surface area contributed by atoms with Crippen LogP contribution in [0.3, 0.4) is 0 Å². The Morgan fingerprint density at radius 3 is 2.70 bits per heavy atom. The number of fused-ring (bicyclic) bond motifs is 1. The van der Waals surface area contributed by atoms with E-state index < -0.39 is 0 Å². The molecule has 0 spiro atoms. The minimum absolute atomic E-state index is 0.000614. The molecule has 5 rings (SSSR count). The number of halogens is 1. The van der Waals surface area contributed by atoms with Crippen molar-refractivity contribution in [2.75, 3.05) is 30.3 Å². The maximum absolute atomic E-state index is 10.0. The Labute approximate surface area is 218 Å². The van der Waals surface area contributed by atoms with Gasteiger partial charge in [-0.25, -0.2) is 14.6 Å². The van der Waals surface area contributed by atoms with E-state index in [1.165, 1.54) is 12.5 Å². The Hall–Kier alpha value is -4.41. The third-order valence-corrected chi connectivity index (χ3v) is 7.01. The molecule has 4 heterocycles. The van der Waals surface area contributed by atoms with Crippen molar-refractivity contribution < 1.29 is 4.74 Å². The number of aryl methyl sites for hydroxylation is 1. The summed E-state index contributed by atoms with van der Waals surface area (Å²) in [7, 11) is 0. The number of pyridine rings is 1. The molecule has 10 nitrogen and oxygen atoms in total. The molecule has 4 aromatic rings. The predicted molar refractivity (Wildman–Crippen MR) is 140 cm³/mol. The van der Waals surface area contributed by atoms with Crippen molar-refractivity contribution in [2.45, 2.75) is 32.7 Å². The number of rotatable bonds is 6. The largest absolute Gasteiger partial charge is 0.493 e. The highest BCUT2D eigenvalue weighted by Crippen LogP contribution is 2.45. The van der Waals surface area contributed by atoms with Gasteiger partial charge in [0.05, 0.1) is 51.8 Å². The topological polar surface area (TPSA) is 143 Å². The second-order valence-corrected chi connectivity index (χ2v) is 9.33. The number of anilines is 2. The van der Waals surface area contributed by atoms with Gasteiger partial charge in [0, 0.05) is 36.3 Å². The molecule has 1 aliphatic heterocycles. The maximum Gasteiger partial charge on any atom is 0.164 e. The van der Waals surface area contributed by atoms with Crippen LogP contribution in [0.25, 0.3) is 11.0 Å². The molecule has 1 saturated heterocycles. The molecule has 0 aliphatic carbocycles. The molecule has 0 amide bonds. The molecule has 0 radical (unpaired) electrons. The summed E-state index contributed by atoms with van der Waals surface area (Å²) < 4.78 is 7.99. The van der Waals surface area contributed by atoms with Crippen molar-refractivity contribution in [1.29, 1.82) is 10.5 Å². The quantitative estimate of drug-likeness (QED) is 0.402. The number of nitrogens with zero attached hydrogens (tertiary/aromatic N) is 8. The van der Waals surface area contributed by atoms with Gasteiger partial charge in [0.2, 0.25) is 0 Å². The Balaban J connectivity index is 1.59. The average Bonchev–Trinajstić information content (AvgIpc) is 3.21. The van der Waals surface area contributed by atoms with Crippen LogP contribution in [0.2, 0.25) is 5.02 Å². The first-order valence-electron chi connectivity index (χ1n) is 11.8. The first kappa shape index (κ1) is 24.3. The average molecular weight is 514 g/mol. The van der Waals surface area contributed by atoms with Crippen LogP contribution in [0.4, 0.5) is 11.5 Å². The Morgan fingerprint density at radius 1 is 1.22 bits per heavy atom. The summed E-state index contributed by atoms with van der Waals surface area (Å²) in [6.45, 7) is 7.44. The number of nitrogen functional groups attached to an aromatic ring is 1. The number of ether oxygens (including phenoxy) is 1. The number of aromatic nitrogens is 5. The zero-order valence-electron chi connectivity index (χ0n) is 20.6. The lowest BCUT2D eigenvalue weighted by Gasteiger charge is -2.42. The van der Waals surface area contributed by atoms with E-state index in [1.54, 1.807) is 16.9 Å². The van der Waals surface area contributed by atoms with Gasteiger partial charge in [-0.1, -0.05) is 11.6 Å². The minimum Gasteiger partial charge on any atom is -0.493 e. The van der Waals surface area contributed by atoms with Gasteiger partial charge >= 0.3 is 0 Å². The van der Waals surface area contributed by atoms with Gasteiger partial charge in [-0.05, 0) is 32.9 Å². The van der Waals surface area contributed by atoms with E-state index in [2.05, 4.69) is 32.0 Å². The van der Waals surface area contributed by atoms with Gasteiger partial charge in [0.1, 0.15) is 30.0 Å². The molecule has 37 heavy (non-hydrogen) atoms. The van der Waals surface area contributed by atoms with Crippen LogP contribution in [0.1, 0.15) is 53.8 Å². The molecule has 11 heteroatoms. The summed E-state index contributed by atoms with van der Waals surface area (Å²) in [6.07, 6.45) is 4.68. The number of nitriles is 2. The third-order valence-electron chi connectivity index (χ3n) is 6.72. The van der Waals surface area contributed by atoms with Crippen LogP contribution in [-0.4, -0.2) is 44.4 Å². The molecule has 1 fully saturated rings. The van der Waals surface area contributed by atoms with Crippen LogP contribution in [-0.2, 0) is 0 Å². The molecule has 2 N–H and O–H groups in total. The number of benzene rings is 1. The molecule has 0 saturated carbocycles. The maximum atomic E-state index is 10.0. The van der Waals surface area contributed by atoms with Crippen molar-refractivity contribution in [2.24, 2.45) is 0 Å². The van der Waals surface area contributed by atoms with Crippen molar-refractivity contribution in [3.63, 3.8) is 0 Å². The molecule has 1 aromatic carbocycles. The fourth-order valence-corrected chi connectivity index (χ4v) is 5.16. The Kier molecular flexibility index (Phi) is 6.28. The fraction of sp³-hybridized carbons (Fsp3) is 0.308. The minimum atomic E-state index is -0.316. The number of nitrogens with two attached hydrogens (primary N) is 1. The van der Waals surface area contributed by atoms with Crippen LogP contribution >= 0.6 is 11.6 Å². The van der Waals surface area contributed by atoms with E-state index in [9.17, 15) is 10.5 Å². The van der Waals surface area contributed by atoms with Crippen LogP contribution < -0.4 is 15.4 Å². The highest BCUT2D eigenvalue weighted by atomic mass is 35.5. The van der Waals surface area contributed by atoms with Crippen molar-refractivity contribution >= 4 is 34.1 Å². The van der Waals surface area contributed by atoms with Crippen LogP contribution in [0.5, 0.6) is 5.75 Å². The fourth-order valence-electron chi connectivity index (χ4n) is 4.90. The molecule has 1 aliphatic rings. The van der Waals surface area contributed by atoms with Crippen LogP contribution in [0, 0.1) is 29.6 Å². The third kappa shape index (κ3) is 4.05. The van der Waals surface area contributed by atoms with Gasteiger partial charge in [-0.3, -0.25) is 4.98 Å². The SMILES string of the molecule is CCOc1c(C(C)n2nc(C)c3c(N)ncnc32)cc(Cl)c(C#N)c1C1CN(c2cncc(C#N)c2)C1. The monoisotopic (exact) mass is 513 g/mol. The van der Waals surface area contributed by atoms with Crippen LogP contribution in [0.15, 0.2) is 30.9 Å². The molecular weight excluding hydrogens is 490 g/mol. The first-order valence-corrected chi connectivity index (χ1v) is 12.2. The van der Waals surface area contributed by atoms with Crippen molar-refractivity contribution in [3.8, 4) is 17.9 Å². The number of hydrogen-bond donors (Lipinski definition) is 1. The van der Waals surface area contributed by atoms with Gasteiger partial charge in [0.15, 0.2) is 5.65 Å². The Bertz CT molecular complexity index is 1590. The zero-order valence-corrected chi connectivity index (χ0v) is 21.4. The smallest absolute Gasteiger partial charge is 0.164 e.